The van der Waals surface area contributed by atoms with Crippen LogP contribution in [0.5, 0.6) is 0 Å². The van der Waals surface area contributed by atoms with Crippen LogP contribution in [0.25, 0.3) is 0 Å². The van der Waals surface area contributed by atoms with E-state index in [-0.39, 0.29) is 12.2 Å². The first-order valence-electron chi connectivity index (χ1n) is 5.35. The van der Waals surface area contributed by atoms with Crippen molar-refractivity contribution in [2.24, 2.45) is 0 Å². The number of imide groups is 1. The number of benzene rings is 1. The van der Waals surface area contributed by atoms with Gasteiger partial charge in [0, 0.05) is 18.1 Å². The fourth-order valence-electron chi connectivity index (χ4n) is 1.61. The maximum absolute atomic E-state index is 13.3. The van der Waals surface area contributed by atoms with Crippen LogP contribution in [0.3, 0.4) is 0 Å². The lowest BCUT2D eigenvalue weighted by Gasteiger charge is -2.13. The van der Waals surface area contributed by atoms with Crippen molar-refractivity contribution in [3.63, 3.8) is 0 Å². The molecule has 1 aliphatic rings. The molecule has 0 aromatic heterocycles. The topological polar surface area (TPSA) is 61.4 Å². The Bertz CT molecular complexity index is 495. The van der Waals surface area contributed by atoms with Crippen molar-refractivity contribution in [1.82, 2.24) is 10.2 Å². The van der Waals surface area contributed by atoms with Crippen LogP contribution in [0.15, 0.2) is 18.2 Å². The summed E-state index contributed by atoms with van der Waals surface area (Å²) in [6.07, 6.45) is 0. The molecule has 1 aromatic carbocycles. The molecule has 18 heavy (non-hydrogen) atoms. The van der Waals surface area contributed by atoms with E-state index in [0.29, 0.717) is 18.1 Å². The van der Waals surface area contributed by atoms with Crippen LogP contribution in [0.1, 0.15) is 0 Å². The Labute approximate surface area is 108 Å². The Morgan fingerprint density at radius 2 is 2.33 bits per heavy atom. The summed E-state index contributed by atoms with van der Waals surface area (Å²) in [5, 5.41) is 5.50. The molecule has 0 unspecified atom stereocenters. The zero-order chi connectivity index (χ0) is 13.1. The number of amides is 3. The molecule has 0 aliphatic carbocycles. The van der Waals surface area contributed by atoms with E-state index in [1.807, 2.05) is 0 Å². The molecule has 1 aromatic rings. The highest BCUT2D eigenvalue weighted by Gasteiger charge is 2.25. The number of hydrogen-bond donors (Lipinski definition) is 2. The van der Waals surface area contributed by atoms with Crippen molar-refractivity contribution in [2.75, 3.05) is 25.0 Å². The maximum Gasteiger partial charge on any atom is 0.324 e. The van der Waals surface area contributed by atoms with Gasteiger partial charge in [-0.1, -0.05) is 11.6 Å². The van der Waals surface area contributed by atoms with Gasteiger partial charge in [-0.05, 0) is 18.2 Å². The number of anilines is 1. The van der Waals surface area contributed by atoms with E-state index in [0.717, 1.165) is 4.90 Å². The Balaban J connectivity index is 1.97. The largest absolute Gasteiger partial charge is 0.374 e. The third-order valence-corrected chi connectivity index (χ3v) is 2.75. The molecule has 1 saturated heterocycles. The number of carbonyl (C=O) groups excluding carboxylic acids is 2. The summed E-state index contributed by atoms with van der Waals surface area (Å²) in [5.41, 5.74) is 0.135. The van der Waals surface area contributed by atoms with Crippen molar-refractivity contribution in [1.29, 1.82) is 0 Å². The molecule has 7 heteroatoms. The molecule has 0 saturated carbocycles. The first-order valence-corrected chi connectivity index (χ1v) is 5.73. The highest BCUT2D eigenvalue weighted by molar-refractivity contribution is 6.30. The number of nitrogens with zero attached hydrogens (tertiary/aromatic N) is 1. The fraction of sp³-hybridized carbons (Fsp3) is 0.273. The summed E-state index contributed by atoms with van der Waals surface area (Å²) >= 11 is 5.72. The van der Waals surface area contributed by atoms with Crippen LogP contribution in [0, 0.1) is 5.82 Å². The number of nitrogens with one attached hydrogen (secondary N) is 2. The van der Waals surface area contributed by atoms with Gasteiger partial charge >= 0.3 is 6.03 Å². The number of rotatable bonds is 3. The van der Waals surface area contributed by atoms with E-state index in [4.69, 9.17) is 11.6 Å². The third-order valence-electron chi connectivity index (χ3n) is 2.52. The van der Waals surface area contributed by atoms with E-state index < -0.39 is 17.8 Å². The SMILES string of the molecule is O=C(CNc1cc(Cl)ccc1F)N1CCNC1=O. The van der Waals surface area contributed by atoms with Gasteiger partial charge in [-0.2, -0.15) is 0 Å². The third kappa shape index (κ3) is 2.70. The zero-order valence-electron chi connectivity index (χ0n) is 9.37. The van der Waals surface area contributed by atoms with Gasteiger partial charge < -0.3 is 10.6 Å². The van der Waals surface area contributed by atoms with E-state index in [1.165, 1.54) is 18.2 Å². The minimum atomic E-state index is -0.502. The molecule has 0 radical (unpaired) electrons. The minimum absolute atomic E-state index is 0.135. The standard InChI is InChI=1S/C11H11ClFN3O2/c12-7-1-2-8(13)9(5-7)15-6-10(17)16-4-3-14-11(16)18/h1-2,5,15H,3-4,6H2,(H,14,18). The average molecular weight is 272 g/mol. The molecule has 1 aliphatic heterocycles. The van der Waals surface area contributed by atoms with Gasteiger partial charge in [-0.15, -0.1) is 0 Å². The zero-order valence-corrected chi connectivity index (χ0v) is 10.1. The Morgan fingerprint density at radius 3 is 3.00 bits per heavy atom. The number of halogens is 2. The lowest BCUT2D eigenvalue weighted by atomic mass is 10.3. The van der Waals surface area contributed by atoms with E-state index in [2.05, 4.69) is 10.6 Å². The molecule has 1 fully saturated rings. The van der Waals surface area contributed by atoms with Crippen molar-refractivity contribution < 1.29 is 14.0 Å². The monoisotopic (exact) mass is 271 g/mol. The smallest absolute Gasteiger partial charge is 0.324 e. The summed E-state index contributed by atoms with van der Waals surface area (Å²) in [4.78, 5) is 24.0. The summed E-state index contributed by atoms with van der Waals surface area (Å²) in [6, 6.07) is 3.58. The molecule has 0 bridgehead atoms. The summed E-state index contributed by atoms with van der Waals surface area (Å²) in [5.74, 6) is -0.914. The predicted octanol–water partition coefficient (Wildman–Crippen LogP) is 1.44. The normalized spacial score (nSPS) is 14.6. The molecule has 2 rings (SSSR count). The van der Waals surface area contributed by atoms with Gasteiger partial charge in [0.15, 0.2) is 0 Å². The average Bonchev–Trinajstić information content (AvgIpc) is 2.76. The molecule has 5 nitrogen and oxygen atoms in total. The molecule has 0 atom stereocenters. The first-order chi connectivity index (χ1) is 8.58. The van der Waals surface area contributed by atoms with E-state index in [9.17, 15) is 14.0 Å². The first kappa shape index (κ1) is 12.6. The summed E-state index contributed by atoms with van der Waals surface area (Å²) < 4.78 is 13.3. The summed E-state index contributed by atoms with van der Waals surface area (Å²) in [6.45, 7) is 0.609. The summed E-state index contributed by atoms with van der Waals surface area (Å²) in [7, 11) is 0. The Morgan fingerprint density at radius 1 is 1.56 bits per heavy atom. The minimum Gasteiger partial charge on any atom is -0.374 e. The number of carbonyl (C=O) groups is 2. The lowest BCUT2D eigenvalue weighted by molar-refractivity contribution is -0.125. The molecule has 0 spiro atoms. The number of hydrogen-bond acceptors (Lipinski definition) is 3. The van der Waals surface area contributed by atoms with Crippen LogP contribution in [0.4, 0.5) is 14.9 Å². The van der Waals surface area contributed by atoms with Crippen LogP contribution in [-0.4, -0.2) is 36.5 Å². The molecule has 2 N–H and O–H groups in total. The molecule has 96 valence electrons. The van der Waals surface area contributed by atoms with Crippen LogP contribution >= 0.6 is 11.6 Å². The highest BCUT2D eigenvalue weighted by Crippen LogP contribution is 2.19. The maximum atomic E-state index is 13.3. The second kappa shape index (κ2) is 5.22. The molecule has 3 amide bonds. The van der Waals surface area contributed by atoms with Crippen molar-refractivity contribution in [2.45, 2.75) is 0 Å². The second-order valence-electron chi connectivity index (χ2n) is 3.76. The predicted molar refractivity (Wildman–Crippen MR) is 65.0 cm³/mol. The van der Waals surface area contributed by atoms with E-state index >= 15 is 0 Å². The quantitative estimate of drug-likeness (QED) is 0.875. The number of urea groups is 1. The lowest BCUT2D eigenvalue weighted by Crippen LogP contribution is -2.38. The molecular weight excluding hydrogens is 261 g/mol. The van der Waals surface area contributed by atoms with Gasteiger partial charge in [-0.25, -0.2) is 9.18 Å². The Hall–Kier alpha value is -1.82. The second-order valence-corrected chi connectivity index (χ2v) is 4.19. The molecular formula is C11H11ClFN3O2. The van der Waals surface area contributed by atoms with Crippen LogP contribution in [0.2, 0.25) is 5.02 Å². The van der Waals surface area contributed by atoms with Crippen LogP contribution in [-0.2, 0) is 4.79 Å². The van der Waals surface area contributed by atoms with Gasteiger partial charge in [0.2, 0.25) is 5.91 Å². The van der Waals surface area contributed by atoms with Crippen molar-refractivity contribution >= 4 is 29.2 Å². The van der Waals surface area contributed by atoms with Crippen molar-refractivity contribution in [3.05, 3.63) is 29.0 Å². The van der Waals surface area contributed by atoms with Gasteiger partial charge in [-0.3, -0.25) is 9.69 Å². The van der Waals surface area contributed by atoms with Crippen molar-refractivity contribution in [3.8, 4) is 0 Å². The molecule has 1 heterocycles. The van der Waals surface area contributed by atoms with Crippen LogP contribution < -0.4 is 10.6 Å². The van der Waals surface area contributed by atoms with Gasteiger partial charge in [0.1, 0.15) is 5.82 Å². The highest BCUT2D eigenvalue weighted by atomic mass is 35.5. The fourth-order valence-corrected chi connectivity index (χ4v) is 1.78. The van der Waals surface area contributed by atoms with Gasteiger partial charge in [0.05, 0.1) is 12.2 Å². The van der Waals surface area contributed by atoms with Gasteiger partial charge in [0.25, 0.3) is 0 Å². The van der Waals surface area contributed by atoms with E-state index in [1.54, 1.807) is 0 Å². The Kier molecular flexibility index (Phi) is 3.66.